The van der Waals surface area contributed by atoms with Crippen molar-refractivity contribution in [1.82, 2.24) is 0 Å². The fraction of sp³-hybridized carbons (Fsp3) is 0.462. The molecule has 0 unspecified atom stereocenters. The molecule has 1 aromatic carbocycles. The number of ketones is 1. The van der Waals surface area contributed by atoms with Gasteiger partial charge in [0.05, 0.1) is 6.54 Å². The molecular formula is C13H19NO. The summed E-state index contributed by atoms with van der Waals surface area (Å²) in [7, 11) is 0. The molecule has 0 aliphatic heterocycles. The topological polar surface area (TPSA) is 43.1 Å². The summed E-state index contributed by atoms with van der Waals surface area (Å²) in [5, 5.41) is 0. The van der Waals surface area contributed by atoms with Gasteiger partial charge in [0.2, 0.25) is 0 Å². The van der Waals surface area contributed by atoms with Gasteiger partial charge in [-0.2, -0.15) is 0 Å². The molecule has 0 saturated heterocycles. The molecule has 15 heavy (non-hydrogen) atoms. The van der Waals surface area contributed by atoms with Gasteiger partial charge in [0.1, 0.15) is 0 Å². The Labute approximate surface area is 91.5 Å². The molecule has 0 atom stereocenters. The van der Waals surface area contributed by atoms with Crippen LogP contribution in [-0.2, 0) is 6.42 Å². The maximum atomic E-state index is 11.6. The third kappa shape index (κ3) is 2.66. The van der Waals surface area contributed by atoms with Crippen molar-refractivity contribution in [2.75, 3.05) is 6.54 Å². The summed E-state index contributed by atoms with van der Waals surface area (Å²) >= 11 is 0. The first kappa shape index (κ1) is 11.9. The van der Waals surface area contributed by atoms with Crippen molar-refractivity contribution in [3.05, 3.63) is 34.9 Å². The molecule has 0 saturated carbocycles. The van der Waals surface area contributed by atoms with Crippen LogP contribution in [0.15, 0.2) is 18.2 Å². The van der Waals surface area contributed by atoms with Gasteiger partial charge in [-0.25, -0.2) is 0 Å². The van der Waals surface area contributed by atoms with Crippen LogP contribution in [0.25, 0.3) is 0 Å². The Morgan fingerprint density at radius 3 is 2.53 bits per heavy atom. The standard InChI is InChI=1S/C13H19NO/c1-4-10-5-6-11(9(2)3)7-12(10)13(15)8-14/h5-7,9H,4,8,14H2,1-3H3. The molecular weight excluding hydrogens is 186 g/mol. The summed E-state index contributed by atoms with van der Waals surface area (Å²) in [6, 6.07) is 6.12. The predicted molar refractivity (Wildman–Crippen MR) is 63.3 cm³/mol. The summed E-state index contributed by atoms with van der Waals surface area (Å²) < 4.78 is 0. The number of Topliss-reactive ketones (excluding diaryl/α,β-unsaturated/α-hetero) is 1. The Hall–Kier alpha value is -1.15. The van der Waals surface area contributed by atoms with E-state index in [4.69, 9.17) is 5.73 Å². The highest BCUT2D eigenvalue weighted by Crippen LogP contribution is 2.19. The Kier molecular flexibility index (Phi) is 4.04. The largest absolute Gasteiger partial charge is 0.324 e. The number of aryl methyl sites for hydroxylation is 1. The van der Waals surface area contributed by atoms with Gasteiger partial charge in [0.25, 0.3) is 0 Å². The second-order valence-corrected chi connectivity index (χ2v) is 4.05. The highest BCUT2D eigenvalue weighted by molar-refractivity contribution is 5.99. The normalized spacial score (nSPS) is 10.7. The lowest BCUT2D eigenvalue weighted by Crippen LogP contribution is -2.15. The maximum Gasteiger partial charge on any atom is 0.176 e. The lowest BCUT2D eigenvalue weighted by molar-refractivity contribution is 0.100. The number of rotatable bonds is 4. The minimum atomic E-state index is 0.0364. The van der Waals surface area contributed by atoms with Gasteiger partial charge in [-0.15, -0.1) is 0 Å². The van der Waals surface area contributed by atoms with E-state index in [2.05, 4.69) is 26.8 Å². The molecule has 0 radical (unpaired) electrons. The maximum absolute atomic E-state index is 11.6. The van der Waals surface area contributed by atoms with Gasteiger partial charge in [-0.3, -0.25) is 4.79 Å². The number of nitrogens with two attached hydrogens (primary N) is 1. The average molecular weight is 205 g/mol. The van der Waals surface area contributed by atoms with Crippen LogP contribution in [0.4, 0.5) is 0 Å². The van der Waals surface area contributed by atoms with E-state index in [0.29, 0.717) is 5.92 Å². The molecule has 0 heterocycles. The highest BCUT2D eigenvalue weighted by atomic mass is 16.1. The molecule has 2 heteroatoms. The zero-order chi connectivity index (χ0) is 11.4. The van der Waals surface area contributed by atoms with Crippen LogP contribution >= 0.6 is 0 Å². The van der Waals surface area contributed by atoms with Crippen LogP contribution in [-0.4, -0.2) is 12.3 Å². The average Bonchev–Trinajstić information content (AvgIpc) is 2.27. The molecule has 2 nitrogen and oxygen atoms in total. The Morgan fingerprint density at radius 1 is 1.40 bits per heavy atom. The van der Waals surface area contributed by atoms with Crippen LogP contribution in [0.3, 0.4) is 0 Å². The zero-order valence-corrected chi connectivity index (χ0v) is 9.71. The van der Waals surface area contributed by atoms with Crippen LogP contribution in [0, 0.1) is 0 Å². The van der Waals surface area contributed by atoms with Gasteiger partial charge in [0, 0.05) is 5.56 Å². The zero-order valence-electron chi connectivity index (χ0n) is 9.71. The SMILES string of the molecule is CCc1ccc(C(C)C)cc1C(=O)CN. The van der Waals surface area contributed by atoms with E-state index in [1.165, 1.54) is 5.56 Å². The minimum Gasteiger partial charge on any atom is -0.324 e. The summed E-state index contributed by atoms with van der Waals surface area (Å²) in [6.07, 6.45) is 0.874. The van der Waals surface area contributed by atoms with Crippen LogP contribution < -0.4 is 5.73 Å². The summed E-state index contributed by atoms with van der Waals surface area (Å²) in [6.45, 7) is 6.39. The third-order valence-corrected chi connectivity index (χ3v) is 2.67. The van der Waals surface area contributed by atoms with Crippen molar-refractivity contribution in [2.24, 2.45) is 5.73 Å². The van der Waals surface area contributed by atoms with E-state index >= 15 is 0 Å². The number of hydrogen-bond donors (Lipinski definition) is 1. The Balaban J connectivity index is 3.19. The van der Waals surface area contributed by atoms with E-state index < -0.39 is 0 Å². The number of benzene rings is 1. The predicted octanol–water partition coefficient (Wildman–Crippen LogP) is 2.51. The highest BCUT2D eigenvalue weighted by Gasteiger charge is 2.10. The van der Waals surface area contributed by atoms with Crippen molar-refractivity contribution >= 4 is 5.78 Å². The molecule has 0 aliphatic carbocycles. The van der Waals surface area contributed by atoms with Crippen molar-refractivity contribution in [2.45, 2.75) is 33.1 Å². The van der Waals surface area contributed by atoms with Crippen LogP contribution in [0.2, 0.25) is 0 Å². The van der Waals surface area contributed by atoms with Crippen molar-refractivity contribution in [1.29, 1.82) is 0 Å². The molecule has 0 aromatic heterocycles. The van der Waals surface area contributed by atoms with Crippen molar-refractivity contribution in [3.8, 4) is 0 Å². The first-order valence-corrected chi connectivity index (χ1v) is 5.46. The smallest absolute Gasteiger partial charge is 0.176 e. The van der Waals surface area contributed by atoms with Crippen LogP contribution in [0.1, 0.15) is 48.2 Å². The van der Waals surface area contributed by atoms with Gasteiger partial charge in [-0.1, -0.05) is 32.9 Å². The third-order valence-electron chi connectivity index (χ3n) is 2.67. The molecule has 1 rings (SSSR count). The van der Waals surface area contributed by atoms with Gasteiger partial charge in [0.15, 0.2) is 5.78 Å². The summed E-state index contributed by atoms with van der Waals surface area (Å²) in [5.41, 5.74) is 8.49. The molecule has 0 aliphatic rings. The fourth-order valence-corrected chi connectivity index (χ4v) is 1.63. The second kappa shape index (κ2) is 5.08. The van der Waals surface area contributed by atoms with Crippen molar-refractivity contribution in [3.63, 3.8) is 0 Å². The second-order valence-electron chi connectivity index (χ2n) is 4.05. The van der Waals surface area contributed by atoms with Gasteiger partial charge >= 0.3 is 0 Å². The van der Waals surface area contributed by atoms with E-state index in [1.54, 1.807) is 0 Å². The molecule has 0 bridgehead atoms. The van der Waals surface area contributed by atoms with E-state index in [0.717, 1.165) is 17.5 Å². The van der Waals surface area contributed by atoms with E-state index in [1.807, 2.05) is 12.1 Å². The van der Waals surface area contributed by atoms with Crippen molar-refractivity contribution < 1.29 is 4.79 Å². The Morgan fingerprint density at radius 2 is 2.07 bits per heavy atom. The monoisotopic (exact) mass is 205 g/mol. The first-order valence-electron chi connectivity index (χ1n) is 5.46. The summed E-state index contributed by atoms with van der Waals surface area (Å²) in [5.74, 6) is 0.481. The molecule has 2 N–H and O–H groups in total. The molecule has 1 aromatic rings. The molecule has 82 valence electrons. The fourth-order valence-electron chi connectivity index (χ4n) is 1.63. The lowest BCUT2D eigenvalue weighted by atomic mass is 9.94. The minimum absolute atomic E-state index is 0.0364. The lowest BCUT2D eigenvalue weighted by Gasteiger charge is -2.11. The number of hydrogen-bond acceptors (Lipinski definition) is 2. The molecule has 0 fully saturated rings. The molecule has 0 spiro atoms. The van der Waals surface area contributed by atoms with Crippen LogP contribution in [0.5, 0.6) is 0 Å². The van der Waals surface area contributed by atoms with E-state index in [9.17, 15) is 4.79 Å². The first-order chi connectivity index (χ1) is 7.10. The summed E-state index contributed by atoms with van der Waals surface area (Å²) in [4.78, 5) is 11.6. The van der Waals surface area contributed by atoms with Gasteiger partial charge < -0.3 is 5.73 Å². The molecule has 0 amide bonds. The van der Waals surface area contributed by atoms with E-state index in [-0.39, 0.29) is 12.3 Å². The Bertz CT molecular complexity index is 356. The van der Waals surface area contributed by atoms with Gasteiger partial charge in [-0.05, 0) is 29.5 Å². The number of carbonyl (C=O) groups is 1. The quantitative estimate of drug-likeness (QED) is 0.767. The number of carbonyl (C=O) groups excluding carboxylic acids is 1.